The minimum absolute atomic E-state index is 0.144. The standard InChI is InChI=1S/C24H28N4O/c1-15-11-16(2)25-23-22(15)26-17(3)28(23)14-18-7-8-20-19(12-18)13-21(27-20)24(29-4)9-5-6-10-24/h7-8,11-13,27H,5-6,9-10,14H2,1-4H3. The van der Waals surface area contributed by atoms with E-state index in [2.05, 4.69) is 53.7 Å². The fourth-order valence-corrected chi connectivity index (χ4v) is 4.94. The van der Waals surface area contributed by atoms with Gasteiger partial charge in [0.1, 0.15) is 16.9 Å². The molecule has 0 radical (unpaired) electrons. The van der Waals surface area contributed by atoms with E-state index < -0.39 is 0 Å². The zero-order valence-corrected chi connectivity index (χ0v) is 17.7. The van der Waals surface area contributed by atoms with E-state index >= 15 is 0 Å². The van der Waals surface area contributed by atoms with Gasteiger partial charge in [-0.3, -0.25) is 0 Å². The van der Waals surface area contributed by atoms with E-state index in [1.54, 1.807) is 0 Å². The Kier molecular flexibility index (Phi) is 4.24. The number of nitrogens with zero attached hydrogens (tertiary/aromatic N) is 3. The summed E-state index contributed by atoms with van der Waals surface area (Å²) in [4.78, 5) is 13.2. The molecule has 4 aromatic rings. The first kappa shape index (κ1) is 18.4. The van der Waals surface area contributed by atoms with Crippen LogP contribution in [0.25, 0.3) is 22.1 Å². The van der Waals surface area contributed by atoms with E-state index in [0.717, 1.165) is 42.1 Å². The van der Waals surface area contributed by atoms with Gasteiger partial charge in [0.15, 0.2) is 5.65 Å². The Bertz CT molecular complexity index is 1210. The van der Waals surface area contributed by atoms with Crippen LogP contribution in [0.4, 0.5) is 0 Å². The third kappa shape index (κ3) is 2.96. The molecular formula is C24H28N4O. The molecule has 1 aliphatic carbocycles. The highest BCUT2D eigenvalue weighted by atomic mass is 16.5. The van der Waals surface area contributed by atoms with Crippen molar-refractivity contribution in [3.63, 3.8) is 0 Å². The van der Waals surface area contributed by atoms with Gasteiger partial charge >= 0.3 is 0 Å². The monoisotopic (exact) mass is 388 g/mol. The van der Waals surface area contributed by atoms with Crippen molar-refractivity contribution in [3.05, 3.63) is 58.7 Å². The van der Waals surface area contributed by atoms with E-state index in [0.29, 0.717) is 0 Å². The molecule has 3 heterocycles. The highest BCUT2D eigenvalue weighted by molar-refractivity contribution is 5.82. The molecule has 5 heteroatoms. The Balaban J connectivity index is 1.54. The van der Waals surface area contributed by atoms with Gasteiger partial charge in [0.05, 0.1) is 6.54 Å². The van der Waals surface area contributed by atoms with Crippen molar-refractivity contribution in [1.82, 2.24) is 19.5 Å². The van der Waals surface area contributed by atoms with Crippen molar-refractivity contribution in [2.75, 3.05) is 7.11 Å². The third-order valence-electron chi connectivity index (χ3n) is 6.53. The predicted octanol–water partition coefficient (Wildman–Crippen LogP) is 5.30. The topological polar surface area (TPSA) is 55.7 Å². The fraction of sp³-hybridized carbons (Fsp3) is 0.417. The zero-order chi connectivity index (χ0) is 20.2. The van der Waals surface area contributed by atoms with Crippen molar-refractivity contribution in [3.8, 4) is 0 Å². The van der Waals surface area contributed by atoms with Crippen LogP contribution in [0.1, 0.15) is 54.0 Å². The number of H-pyrrole nitrogens is 1. The summed E-state index contributed by atoms with van der Waals surface area (Å²) in [5, 5.41) is 1.24. The maximum Gasteiger partial charge on any atom is 0.160 e. The molecule has 1 saturated carbocycles. The average molecular weight is 389 g/mol. The Morgan fingerprint density at radius 1 is 1.07 bits per heavy atom. The molecule has 0 spiro atoms. The Morgan fingerprint density at radius 2 is 1.86 bits per heavy atom. The molecule has 3 aromatic heterocycles. The highest BCUT2D eigenvalue weighted by Crippen LogP contribution is 2.42. The van der Waals surface area contributed by atoms with Crippen LogP contribution >= 0.6 is 0 Å². The first-order chi connectivity index (χ1) is 14.0. The number of aromatic amines is 1. The molecule has 1 aromatic carbocycles. The number of nitrogens with one attached hydrogen (secondary N) is 1. The van der Waals surface area contributed by atoms with Gasteiger partial charge < -0.3 is 14.3 Å². The number of aromatic nitrogens is 4. The third-order valence-corrected chi connectivity index (χ3v) is 6.53. The summed E-state index contributed by atoms with van der Waals surface area (Å²) in [6.45, 7) is 6.98. The summed E-state index contributed by atoms with van der Waals surface area (Å²) in [6, 6.07) is 11.0. The Hall–Kier alpha value is -2.66. The van der Waals surface area contributed by atoms with Crippen molar-refractivity contribution in [1.29, 1.82) is 0 Å². The summed E-state index contributed by atoms with van der Waals surface area (Å²) < 4.78 is 8.18. The van der Waals surface area contributed by atoms with Crippen LogP contribution in [-0.4, -0.2) is 26.6 Å². The zero-order valence-electron chi connectivity index (χ0n) is 17.7. The van der Waals surface area contributed by atoms with Crippen LogP contribution < -0.4 is 0 Å². The lowest BCUT2D eigenvalue weighted by atomic mass is 9.97. The first-order valence-electron chi connectivity index (χ1n) is 10.5. The summed E-state index contributed by atoms with van der Waals surface area (Å²) in [7, 11) is 1.84. The number of benzene rings is 1. The van der Waals surface area contributed by atoms with Crippen LogP contribution in [0.5, 0.6) is 0 Å². The van der Waals surface area contributed by atoms with Crippen molar-refractivity contribution < 1.29 is 4.74 Å². The van der Waals surface area contributed by atoms with Crippen LogP contribution in [0, 0.1) is 20.8 Å². The summed E-state index contributed by atoms with van der Waals surface area (Å²) in [6.07, 6.45) is 4.64. The molecule has 150 valence electrons. The molecule has 1 fully saturated rings. The lowest BCUT2D eigenvalue weighted by Crippen LogP contribution is -2.24. The average Bonchev–Trinajstić information content (AvgIpc) is 3.40. The number of hydrogen-bond donors (Lipinski definition) is 1. The van der Waals surface area contributed by atoms with Crippen LogP contribution in [0.15, 0.2) is 30.3 Å². The predicted molar refractivity (Wildman–Crippen MR) is 116 cm³/mol. The lowest BCUT2D eigenvalue weighted by Gasteiger charge is -2.26. The van der Waals surface area contributed by atoms with Crippen LogP contribution in [-0.2, 0) is 16.9 Å². The number of fused-ring (bicyclic) bond motifs is 2. The van der Waals surface area contributed by atoms with E-state index in [9.17, 15) is 0 Å². The Morgan fingerprint density at radius 3 is 2.62 bits per heavy atom. The highest BCUT2D eigenvalue weighted by Gasteiger charge is 2.36. The molecule has 0 atom stereocenters. The molecule has 0 aliphatic heterocycles. The SMILES string of the molecule is COC1(c2cc3cc(Cn4c(C)nc5c(C)cc(C)nc54)ccc3[nH]2)CCCC1. The number of rotatable bonds is 4. The van der Waals surface area contributed by atoms with E-state index in [4.69, 9.17) is 14.7 Å². The molecular weight excluding hydrogens is 360 g/mol. The minimum Gasteiger partial charge on any atom is -0.372 e. The molecule has 5 rings (SSSR count). The van der Waals surface area contributed by atoms with E-state index in [1.165, 1.54) is 40.6 Å². The van der Waals surface area contributed by atoms with Gasteiger partial charge in [0.25, 0.3) is 0 Å². The van der Waals surface area contributed by atoms with Gasteiger partial charge in [0, 0.05) is 29.4 Å². The van der Waals surface area contributed by atoms with Crippen molar-refractivity contribution in [2.45, 2.75) is 58.6 Å². The molecule has 0 bridgehead atoms. The summed E-state index contributed by atoms with van der Waals surface area (Å²) >= 11 is 0. The second-order valence-electron chi connectivity index (χ2n) is 8.51. The van der Waals surface area contributed by atoms with Crippen LogP contribution in [0.3, 0.4) is 0 Å². The molecule has 29 heavy (non-hydrogen) atoms. The second kappa shape index (κ2) is 6.70. The lowest BCUT2D eigenvalue weighted by molar-refractivity contribution is -0.0117. The van der Waals surface area contributed by atoms with Gasteiger partial charge in [-0.15, -0.1) is 0 Å². The molecule has 1 aliphatic rings. The summed E-state index contributed by atoms with van der Waals surface area (Å²) in [5.41, 5.74) is 7.68. The molecule has 5 nitrogen and oxygen atoms in total. The molecule has 0 amide bonds. The normalized spacial score (nSPS) is 16.3. The number of pyridine rings is 1. The molecule has 1 N–H and O–H groups in total. The van der Waals surface area contributed by atoms with Crippen LogP contribution in [0.2, 0.25) is 0 Å². The van der Waals surface area contributed by atoms with Crippen molar-refractivity contribution in [2.24, 2.45) is 0 Å². The number of aryl methyl sites for hydroxylation is 3. The quantitative estimate of drug-likeness (QED) is 0.516. The van der Waals surface area contributed by atoms with Crippen molar-refractivity contribution >= 4 is 22.1 Å². The van der Waals surface area contributed by atoms with Gasteiger partial charge in [0.2, 0.25) is 0 Å². The van der Waals surface area contributed by atoms with Gasteiger partial charge in [-0.05, 0) is 69.0 Å². The van der Waals surface area contributed by atoms with Gasteiger partial charge in [-0.2, -0.15) is 0 Å². The number of methoxy groups -OCH3 is 1. The molecule has 0 unspecified atom stereocenters. The Labute approximate surface area is 171 Å². The second-order valence-corrected chi connectivity index (χ2v) is 8.51. The number of ether oxygens (including phenoxy) is 1. The largest absolute Gasteiger partial charge is 0.372 e. The number of imidazole rings is 1. The smallest absolute Gasteiger partial charge is 0.160 e. The van der Waals surface area contributed by atoms with E-state index in [1.807, 2.05) is 14.0 Å². The first-order valence-corrected chi connectivity index (χ1v) is 10.5. The fourth-order valence-electron chi connectivity index (χ4n) is 4.94. The van der Waals surface area contributed by atoms with Gasteiger partial charge in [-0.25, -0.2) is 9.97 Å². The van der Waals surface area contributed by atoms with E-state index in [-0.39, 0.29) is 5.60 Å². The molecule has 0 saturated heterocycles. The number of hydrogen-bond acceptors (Lipinski definition) is 3. The maximum absolute atomic E-state index is 5.96. The maximum atomic E-state index is 5.96. The summed E-state index contributed by atoms with van der Waals surface area (Å²) in [5.74, 6) is 1.00. The van der Waals surface area contributed by atoms with Gasteiger partial charge in [-0.1, -0.05) is 18.9 Å². The minimum atomic E-state index is -0.144.